The van der Waals surface area contributed by atoms with Gasteiger partial charge in [-0.15, -0.1) is 0 Å². The number of nitrogens with zero attached hydrogens (tertiary/aromatic N) is 3. The fourth-order valence-electron chi connectivity index (χ4n) is 2.34. The molecule has 0 bridgehead atoms. The molecule has 1 fully saturated rings. The Morgan fingerprint density at radius 2 is 2.28 bits per heavy atom. The van der Waals surface area contributed by atoms with Crippen molar-refractivity contribution in [2.24, 2.45) is 5.92 Å². The van der Waals surface area contributed by atoms with Crippen LogP contribution >= 0.6 is 0 Å². The quantitative estimate of drug-likeness (QED) is 0.847. The summed E-state index contributed by atoms with van der Waals surface area (Å²) in [5, 5.41) is 0.794. The average Bonchev–Trinajstić information content (AvgIpc) is 2.80. The van der Waals surface area contributed by atoms with Crippen molar-refractivity contribution in [1.29, 1.82) is 0 Å². The first-order valence-electron chi connectivity index (χ1n) is 5.99. The Labute approximate surface area is 103 Å². The molecule has 1 aliphatic rings. The van der Waals surface area contributed by atoms with Crippen LogP contribution in [0.1, 0.15) is 13.3 Å². The third kappa shape index (κ3) is 1.72. The predicted octanol–water partition coefficient (Wildman–Crippen LogP) is 2.44. The van der Waals surface area contributed by atoms with Gasteiger partial charge in [-0.25, -0.2) is 18.7 Å². The van der Waals surface area contributed by atoms with Crippen LogP contribution in [0.5, 0.6) is 0 Å². The summed E-state index contributed by atoms with van der Waals surface area (Å²) in [7, 11) is 0. The van der Waals surface area contributed by atoms with Gasteiger partial charge in [0.1, 0.15) is 17.8 Å². The number of hydrogen-bond donors (Lipinski definition) is 1. The Kier molecular flexibility index (Phi) is 2.46. The van der Waals surface area contributed by atoms with Gasteiger partial charge in [-0.05, 0) is 12.5 Å². The van der Waals surface area contributed by atoms with Crippen molar-refractivity contribution >= 4 is 16.9 Å². The minimum Gasteiger partial charge on any atom is -0.350 e. The van der Waals surface area contributed by atoms with Gasteiger partial charge in [0, 0.05) is 18.7 Å². The summed E-state index contributed by atoms with van der Waals surface area (Å²) < 4.78 is 27.5. The van der Waals surface area contributed by atoms with Crippen LogP contribution in [0.2, 0.25) is 0 Å². The van der Waals surface area contributed by atoms with Crippen LogP contribution in [0.3, 0.4) is 0 Å². The number of nitrogens with one attached hydrogen (secondary N) is 1. The van der Waals surface area contributed by atoms with Gasteiger partial charge in [0.05, 0.1) is 11.9 Å². The smallest absolute Gasteiger partial charge is 0.267 e. The van der Waals surface area contributed by atoms with Gasteiger partial charge in [-0.3, -0.25) is 0 Å². The molecule has 0 radical (unpaired) electrons. The van der Waals surface area contributed by atoms with Crippen molar-refractivity contribution in [2.75, 3.05) is 18.0 Å². The van der Waals surface area contributed by atoms with Crippen LogP contribution < -0.4 is 4.90 Å². The topological polar surface area (TPSA) is 44.8 Å². The van der Waals surface area contributed by atoms with E-state index in [1.54, 1.807) is 18.0 Å². The summed E-state index contributed by atoms with van der Waals surface area (Å²) in [6.07, 6.45) is 3.63. The molecule has 1 atom stereocenters. The van der Waals surface area contributed by atoms with E-state index < -0.39 is 11.8 Å². The number of alkyl halides is 2. The number of aromatic nitrogens is 3. The Hall–Kier alpha value is -1.72. The molecule has 4 nitrogen and oxygen atoms in total. The molecule has 0 aromatic carbocycles. The number of halogens is 2. The average molecular weight is 252 g/mol. The molecule has 3 rings (SSSR count). The first kappa shape index (κ1) is 11.4. The molecular weight excluding hydrogens is 238 g/mol. The molecule has 6 heteroatoms. The number of anilines is 1. The summed E-state index contributed by atoms with van der Waals surface area (Å²) in [6, 6.07) is 1.82. The monoisotopic (exact) mass is 252 g/mol. The summed E-state index contributed by atoms with van der Waals surface area (Å²) >= 11 is 0. The molecule has 0 aliphatic carbocycles. The van der Waals surface area contributed by atoms with Gasteiger partial charge in [0.2, 0.25) is 0 Å². The maximum Gasteiger partial charge on any atom is 0.267 e. The maximum atomic E-state index is 13.8. The normalized spacial score (nSPS) is 23.5. The molecule has 2 aromatic rings. The zero-order valence-corrected chi connectivity index (χ0v) is 10.0. The van der Waals surface area contributed by atoms with Crippen molar-refractivity contribution in [3.05, 3.63) is 18.6 Å². The van der Waals surface area contributed by atoms with E-state index in [9.17, 15) is 8.78 Å². The molecule has 2 aromatic heterocycles. The third-order valence-electron chi connectivity index (χ3n) is 3.59. The molecule has 1 unspecified atom stereocenters. The van der Waals surface area contributed by atoms with Crippen molar-refractivity contribution in [2.45, 2.75) is 19.3 Å². The predicted molar refractivity (Wildman–Crippen MR) is 64.8 cm³/mol. The third-order valence-corrected chi connectivity index (χ3v) is 3.59. The minimum absolute atomic E-state index is 0.272. The highest BCUT2D eigenvalue weighted by Gasteiger charge is 2.42. The first-order valence-corrected chi connectivity index (χ1v) is 5.99. The summed E-state index contributed by atoms with van der Waals surface area (Å²) in [6.45, 7) is 1.93. The van der Waals surface area contributed by atoms with Gasteiger partial charge in [0.15, 0.2) is 0 Å². The SMILES string of the molecule is CC1CCN(c2ncnc3[nH]ccc23)CC1(F)F. The zero-order chi connectivity index (χ0) is 12.8. The van der Waals surface area contributed by atoms with Crippen LogP contribution in [0, 0.1) is 5.92 Å². The second-order valence-electron chi connectivity index (χ2n) is 4.81. The lowest BCUT2D eigenvalue weighted by Gasteiger charge is -2.37. The van der Waals surface area contributed by atoms with Crippen LogP contribution in [-0.2, 0) is 0 Å². The van der Waals surface area contributed by atoms with E-state index in [1.807, 2.05) is 6.07 Å². The number of piperidine rings is 1. The molecule has 1 aliphatic heterocycles. The zero-order valence-electron chi connectivity index (χ0n) is 10.0. The van der Waals surface area contributed by atoms with Crippen molar-refractivity contribution < 1.29 is 8.78 Å². The Morgan fingerprint density at radius 3 is 3.06 bits per heavy atom. The molecular formula is C12H14F2N4. The summed E-state index contributed by atoms with van der Waals surface area (Å²) in [4.78, 5) is 12.8. The molecule has 96 valence electrons. The molecule has 0 saturated carbocycles. The standard InChI is InChI=1S/C12H14F2N4/c1-8-3-5-18(6-12(8,13)14)11-9-2-4-15-10(9)16-7-17-11/h2,4,7-8H,3,5-6H2,1H3,(H,15,16,17). The van der Waals surface area contributed by atoms with Gasteiger partial charge >= 0.3 is 0 Å². The van der Waals surface area contributed by atoms with E-state index in [4.69, 9.17) is 0 Å². The lowest BCUT2D eigenvalue weighted by atomic mass is 9.95. The largest absolute Gasteiger partial charge is 0.350 e. The van der Waals surface area contributed by atoms with E-state index in [1.165, 1.54) is 6.33 Å². The van der Waals surface area contributed by atoms with Crippen molar-refractivity contribution in [3.8, 4) is 0 Å². The van der Waals surface area contributed by atoms with E-state index in [0.717, 1.165) is 5.39 Å². The number of aromatic amines is 1. The van der Waals surface area contributed by atoms with E-state index in [-0.39, 0.29) is 6.54 Å². The van der Waals surface area contributed by atoms with Gasteiger partial charge in [0.25, 0.3) is 5.92 Å². The number of fused-ring (bicyclic) bond motifs is 1. The van der Waals surface area contributed by atoms with Crippen LogP contribution in [-0.4, -0.2) is 34.0 Å². The van der Waals surface area contributed by atoms with Crippen molar-refractivity contribution in [1.82, 2.24) is 15.0 Å². The second kappa shape index (κ2) is 3.90. The Bertz CT molecular complexity index is 566. The molecule has 0 spiro atoms. The minimum atomic E-state index is -2.66. The van der Waals surface area contributed by atoms with Crippen molar-refractivity contribution in [3.63, 3.8) is 0 Å². The van der Waals surface area contributed by atoms with E-state index >= 15 is 0 Å². The molecule has 0 amide bonds. The van der Waals surface area contributed by atoms with E-state index in [2.05, 4.69) is 15.0 Å². The second-order valence-corrected chi connectivity index (χ2v) is 4.81. The number of rotatable bonds is 1. The fraction of sp³-hybridized carbons (Fsp3) is 0.500. The van der Waals surface area contributed by atoms with Gasteiger partial charge in [-0.1, -0.05) is 6.92 Å². The van der Waals surface area contributed by atoms with Crippen LogP contribution in [0.25, 0.3) is 11.0 Å². The highest BCUT2D eigenvalue weighted by atomic mass is 19.3. The summed E-state index contributed by atoms with van der Waals surface area (Å²) in [5.74, 6) is -2.64. The maximum absolute atomic E-state index is 13.8. The summed E-state index contributed by atoms with van der Waals surface area (Å²) in [5.41, 5.74) is 0.682. The highest BCUT2D eigenvalue weighted by molar-refractivity contribution is 5.87. The first-order chi connectivity index (χ1) is 8.58. The highest BCUT2D eigenvalue weighted by Crippen LogP contribution is 2.35. The lowest BCUT2D eigenvalue weighted by molar-refractivity contribution is -0.0573. The van der Waals surface area contributed by atoms with Gasteiger partial charge in [-0.2, -0.15) is 0 Å². The lowest BCUT2D eigenvalue weighted by Crippen LogP contribution is -2.48. The molecule has 1 saturated heterocycles. The van der Waals surface area contributed by atoms with E-state index in [0.29, 0.717) is 24.4 Å². The number of hydrogen-bond acceptors (Lipinski definition) is 3. The fourth-order valence-corrected chi connectivity index (χ4v) is 2.34. The van der Waals surface area contributed by atoms with Gasteiger partial charge < -0.3 is 9.88 Å². The number of H-pyrrole nitrogens is 1. The molecule has 3 heterocycles. The Morgan fingerprint density at radius 1 is 1.44 bits per heavy atom. The Balaban J connectivity index is 1.98. The van der Waals surface area contributed by atoms with Crippen LogP contribution in [0.4, 0.5) is 14.6 Å². The molecule has 18 heavy (non-hydrogen) atoms. The van der Waals surface area contributed by atoms with Crippen LogP contribution in [0.15, 0.2) is 18.6 Å². The molecule has 1 N–H and O–H groups in total.